The molecule has 4 aromatic rings. The Morgan fingerprint density at radius 2 is 1.25 bits per heavy atom. The molecule has 5 unspecified atom stereocenters. The second-order valence-corrected chi connectivity index (χ2v) is 28.9. The van der Waals surface area contributed by atoms with E-state index in [4.69, 9.17) is 33.8 Å². The minimum atomic E-state index is -4.20. The molecular weight excluding hydrogens is 869 g/mol. The largest absolute Gasteiger partial charge is 0.599 e. The highest BCUT2D eigenvalue weighted by molar-refractivity contribution is 6.66. The first-order valence-electron chi connectivity index (χ1n) is 26.6. The molecule has 8 fully saturated rings. The number of allylic oxidation sites excluding steroid dienone is 2. The molecule has 8 saturated carbocycles. The fourth-order valence-electron chi connectivity index (χ4n) is 19.7. The molecule has 5 atom stereocenters. The second kappa shape index (κ2) is 13.3. The van der Waals surface area contributed by atoms with Crippen LogP contribution in [0.2, 0.25) is 0 Å². The summed E-state index contributed by atoms with van der Waals surface area (Å²) in [5.74, 6) is 5.48. The number of hydrogen-bond donors (Lipinski definition) is 1. The Kier molecular flexibility index (Phi) is 7.85. The number of benzene rings is 2. The van der Waals surface area contributed by atoms with Gasteiger partial charge in [0.25, 0.3) is 0 Å². The number of aromatic nitrogens is 2. The van der Waals surface area contributed by atoms with Crippen molar-refractivity contribution < 1.29 is 8.85 Å². The lowest BCUT2D eigenvalue weighted by Gasteiger charge is -2.66. The molecule has 0 radical (unpaired) electrons. The second-order valence-electron chi connectivity index (χ2n) is 26.3. The summed E-state index contributed by atoms with van der Waals surface area (Å²) in [6.07, 6.45) is 27.4. The van der Waals surface area contributed by atoms with Gasteiger partial charge in [0.2, 0.25) is 0 Å². The molecule has 14 aliphatic rings. The van der Waals surface area contributed by atoms with Crippen molar-refractivity contribution in [2.24, 2.45) is 69.3 Å². The standard InChI is InChI=1S/C58H64N8O2Si/c1-53-21-35-22-54(2,27-53)30-57(25-35,29-53)33-67-69(68-34-58-26-36-23-55(3,31-58)28-56(4,24-36)32-58)65-49-41-17-9-10-18-42(41)51(65)63-47-39-15-7-8-16-40(39)48(60-47)64-52-44-20-12-11-19-43(44)50(66(52)69)62-46-38-14-6-5-13-37(38)45(59-46)61-49/h5,8-13,16-20,35-36,50,60H,6-7,14-15,21-34H2,1-4H3. The van der Waals surface area contributed by atoms with E-state index in [1.165, 1.54) is 88.2 Å². The van der Waals surface area contributed by atoms with E-state index in [1.807, 2.05) is 0 Å². The topological polar surface area (TPSA) is 104 Å². The number of nitrogens with one attached hydrogen (secondary N) is 1. The molecule has 0 amide bonds. The number of fused-ring (bicyclic) bond motifs is 14. The van der Waals surface area contributed by atoms with E-state index in [0.717, 1.165) is 105 Å². The van der Waals surface area contributed by atoms with Gasteiger partial charge in [0, 0.05) is 57.4 Å². The first kappa shape index (κ1) is 40.7. The van der Waals surface area contributed by atoms with Crippen molar-refractivity contribution in [2.75, 3.05) is 13.2 Å². The average Bonchev–Trinajstić information content (AvgIpc) is 4.01. The SMILES string of the molecule is CC12CC3CC(C)(C1)CC(CO[Si]1(OCC45CC6CC(C)(CC(C)(C6)C4)C5)N4C5=Nc6[nH]c(c7c6C=CCC7)N=c6c7ccccc7c(n61)=NC1=NC(=NC4c4ccccc45)C4=C1C=CCC4)(C3)C2. The molecule has 6 heterocycles. The molecular formula is C58H64N8O2Si. The van der Waals surface area contributed by atoms with Crippen LogP contribution in [0.5, 0.6) is 0 Å². The summed E-state index contributed by atoms with van der Waals surface area (Å²) in [6, 6.07) is 17.7. The van der Waals surface area contributed by atoms with Crippen LogP contribution in [0.25, 0.3) is 16.8 Å². The highest BCUT2D eigenvalue weighted by Crippen LogP contribution is 2.71. The van der Waals surface area contributed by atoms with Gasteiger partial charge in [-0.05, 0) is 147 Å². The van der Waals surface area contributed by atoms with Gasteiger partial charge < -0.3 is 13.8 Å². The molecule has 2 aromatic carbocycles. The summed E-state index contributed by atoms with van der Waals surface area (Å²) < 4.78 is 22.1. The van der Waals surface area contributed by atoms with Crippen molar-refractivity contribution in [1.82, 2.24) is 13.8 Å². The smallest absolute Gasteiger partial charge is 0.361 e. The molecule has 18 rings (SSSR count). The summed E-state index contributed by atoms with van der Waals surface area (Å²) in [5.41, 5.74) is 9.70. The van der Waals surface area contributed by atoms with Gasteiger partial charge in [-0.25, -0.2) is 25.0 Å². The number of amidine groups is 3. The molecule has 4 aliphatic heterocycles. The predicted molar refractivity (Wildman–Crippen MR) is 272 cm³/mol. The van der Waals surface area contributed by atoms with E-state index in [1.54, 1.807) is 0 Å². The van der Waals surface area contributed by atoms with Crippen LogP contribution in [0.15, 0.2) is 103 Å². The molecule has 0 saturated heterocycles. The van der Waals surface area contributed by atoms with E-state index < -0.39 is 15.0 Å². The number of nitrogens with zero attached hydrogens (tertiary/aromatic N) is 7. The molecule has 352 valence electrons. The van der Waals surface area contributed by atoms with Crippen LogP contribution in [0.3, 0.4) is 0 Å². The van der Waals surface area contributed by atoms with Crippen molar-refractivity contribution in [2.45, 2.75) is 137 Å². The van der Waals surface area contributed by atoms with Crippen molar-refractivity contribution in [3.05, 3.63) is 111 Å². The maximum atomic E-state index is 8.56. The van der Waals surface area contributed by atoms with Crippen LogP contribution in [0, 0.1) is 44.3 Å². The van der Waals surface area contributed by atoms with Crippen molar-refractivity contribution in [1.29, 1.82) is 0 Å². The molecule has 14 bridgehead atoms. The maximum absolute atomic E-state index is 8.56. The quantitative estimate of drug-likeness (QED) is 0.195. The fraction of sp³-hybridized carbons (Fsp3) is 0.534. The first-order valence-corrected chi connectivity index (χ1v) is 28.3. The van der Waals surface area contributed by atoms with Crippen LogP contribution in [-0.2, 0) is 15.3 Å². The Morgan fingerprint density at radius 3 is 1.91 bits per heavy atom. The third-order valence-corrected chi connectivity index (χ3v) is 22.8. The highest BCUT2D eigenvalue weighted by Gasteiger charge is 2.67. The van der Waals surface area contributed by atoms with Gasteiger partial charge in [-0.1, -0.05) is 101 Å². The summed E-state index contributed by atoms with van der Waals surface area (Å²) in [4.78, 5) is 32.9. The zero-order valence-corrected chi connectivity index (χ0v) is 41.8. The Morgan fingerprint density at radius 1 is 0.638 bits per heavy atom. The monoisotopic (exact) mass is 932 g/mol. The molecule has 1 N–H and O–H groups in total. The van der Waals surface area contributed by atoms with Gasteiger partial charge in [0.15, 0.2) is 11.7 Å². The number of H-pyrrole nitrogens is 1. The average molecular weight is 933 g/mol. The van der Waals surface area contributed by atoms with Crippen LogP contribution in [-0.4, -0.2) is 53.4 Å². The molecule has 2 aromatic heterocycles. The third-order valence-electron chi connectivity index (χ3n) is 19.7. The van der Waals surface area contributed by atoms with Crippen LogP contribution in [0.1, 0.15) is 152 Å². The first-order chi connectivity index (χ1) is 33.3. The van der Waals surface area contributed by atoms with Gasteiger partial charge in [-0.15, -0.1) is 0 Å². The summed E-state index contributed by atoms with van der Waals surface area (Å²) >= 11 is 0. The van der Waals surface area contributed by atoms with E-state index in [-0.39, 0.29) is 10.8 Å². The molecule has 11 heteroatoms. The van der Waals surface area contributed by atoms with E-state index in [9.17, 15) is 0 Å². The van der Waals surface area contributed by atoms with Crippen LogP contribution in [0.4, 0.5) is 11.6 Å². The molecule has 69 heavy (non-hydrogen) atoms. The lowest BCUT2D eigenvalue weighted by atomic mass is 9.40. The number of hydrogen-bond acceptors (Lipinski definition) is 8. The molecule has 10 aliphatic carbocycles. The minimum absolute atomic E-state index is 0.0246. The Hall–Kier alpha value is -4.97. The van der Waals surface area contributed by atoms with Crippen molar-refractivity contribution in [3.8, 4) is 0 Å². The number of aliphatic imine (C=N–C) groups is 3. The lowest BCUT2D eigenvalue weighted by Crippen LogP contribution is -2.72. The zero-order chi connectivity index (χ0) is 45.9. The Labute approximate surface area is 406 Å². The normalized spacial score (nSPS) is 39.7. The van der Waals surface area contributed by atoms with Crippen LogP contribution >= 0.6 is 0 Å². The lowest BCUT2D eigenvalue weighted by molar-refractivity contribution is -0.169. The van der Waals surface area contributed by atoms with Crippen LogP contribution < -0.4 is 11.0 Å². The highest BCUT2D eigenvalue weighted by atomic mass is 28.4. The summed E-state index contributed by atoms with van der Waals surface area (Å²) in [6.45, 7) is 11.6. The summed E-state index contributed by atoms with van der Waals surface area (Å²) in [5, 5.41) is 2.08. The van der Waals surface area contributed by atoms with Gasteiger partial charge in [-0.2, -0.15) is 0 Å². The fourth-order valence-corrected chi connectivity index (χ4v) is 23.3. The van der Waals surface area contributed by atoms with E-state index in [2.05, 4.69) is 114 Å². The summed E-state index contributed by atoms with van der Waals surface area (Å²) in [7, 11) is -4.20. The minimum Gasteiger partial charge on any atom is -0.361 e. The number of aromatic amines is 1. The zero-order valence-electron chi connectivity index (χ0n) is 40.8. The Bertz CT molecular complexity index is 3250. The molecule has 10 nitrogen and oxygen atoms in total. The van der Waals surface area contributed by atoms with Gasteiger partial charge in [-0.3, -0.25) is 8.80 Å². The van der Waals surface area contributed by atoms with Gasteiger partial charge >= 0.3 is 8.88 Å². The Balaban J connectivity index is 1.03. The van der Waals surface area contributed by atoms with Gasteiger partial charge in [0.1, 0.15) is 34.6 Å². The van der Waals surface area contributed by atoms with Crippen molar-refractivity contribution >= 4 is 54.9 Å². The predicted octanol–water partition coefficient (Wildman–Crippen LogP) is 11.7. The van der Waals surface area contributed by atoms with Crippen molar-refractivity contribution in [3.63, 3.8) is 0 Å². The molecule has 0 spiro atoms. The third kappa shape index (κ3) is 5.69. The number of rotatable bonds is 6. The van der Waals surface area contributed by atoms with E-state index in [0.29, 0.717) is 40.7 Å². The van der Waals surface area contributed by atoms with Gasteiger partial charge in [0.05, 0.1) is 0 Å². The maximum Gasteiger partial charge on any atom is 0.599 e. The van der Waals surface area contributed by atoms with E-state index >= 15 is 0 Å².